The number of methoxy groups -OCH3 is 1. The van der Waals surface area contributed by atoms with E-state index in [4.69, 9.17) is 21.3 Å². The second-order valence-corrected chi connectivity index (χ2v) is 6.22. The average molecular weight is 362 g/mol. The van der Waals surface area contributed by atoms with Crippen LogP contribution < -0.4 is 4.74 Å². The number of aromatic amines is 1. The first-order chi connectivity index (χ1) is 12.7. The number of pyridine rings is 1. The number of nitrogens with one attached hydrogen (secondary N) is 1. The summed E-state index contributed by atoms with van der Waals surface area (Å²) in [5, 5.41) is 0.703. The topological polar surface area (TPSA) is 50.8 Å². The number of aromatic nitrogens is 3. The number of ether oxygens (including phenoxy) is 1. The maximum Gasteiger partial charge on any atom is 0.138 e. The molecule has 4 rings (SSSR count). The van der Waals surface area contributed by atoms with E-state index in [2.05, 4.69) is 9.97 Å². The molecule has 2 aromatic carbocycles. The molecule has 2 aromatic heterocycles. The van der Waals surface area contributed by atoms with Gasteiger partial charge in [-0.3, -0.25) is 4.98 Å². The highest BCUT2D eigenvalue weighted by Gasteiger charge is 2.15. The Balaban J connectivity index is 1.85. The van der Waals surface area contributed by atoms with E-state index in [9.17, 15) is 0 Å². The van der Waals surface area contributed by atoms with Crippen LogP contribution in [0.3, 0.4) is 0 Å². The monoisotopic (exact) mass is 361 g/mol. The molecule has 0 bridgehead atoms. The van der Waals surface area contributed by atoms with E-state index in [0.717, 1.165) is 39.7 Å². The lowest BCUT2D eigenvalue weighted by molar-refractivity contribution is 0.415. The zero-order valence-electron chi connectivity index (χ0n) is 14.1. The van der Waals surface area contributed by atoms with Crippen LogP contribution in [0.4, 0.5) is 0 Å². The second-order valence-electron chi connectivity index (χ2n) is 5.78. The predicted octanol–water partition coefficient (Wildman–Crippen LogP) is 5.47. The van der Waals surface area contributed by atoms with Crippen LogP contribution in [0.2, 0.25) is 5.02 Å². The summed E-state index contributed by atoms with van der Waals surface area (Å²) < 4.78 is 5.23. The van der Waals surface area contributed by atoms with Crippen LogP contribution in [0.15, 0.2) is 73.1 Å². The predicted molar refractivity (Wildman–Crippen MR) is 104 cm³/mol. The van der Waals surface area contributed by atoms with E-state index < -0.39 is 0 Å². The van der Waals surface area contributed by atoms with Gasteiger partial charge in [0.1, 0.15) is 11.6 Å². The van der Waals surface area contributed by atoms with Crippen molar-refractivity contribution in [3.8, 4) is 39.7 Å². The minimum Gasteiger partial charge on any atom is -0.497 e. The zero-order chi connectivity index (χ0) is 17.9. The van der Waals surface area contributed by atoms with E-state index in [1.165, 1.54) is 0 Å². The Morgan fingerprint density at radius 2 is 1.46 bits per heavy atom. The molecular weight excluding hydrogens is 346 g/mol. The molecule has 0 atom stereocenters. The normalized spacial score (nSPS) is 10.7. The molecule has 0 unspecified atom stereocenters. The lowest BCUT2D eigenvalue weighted by atomic mass is 10.1. The molecule has 0 amide bonds. The highest BCUT2D eigenvalue weighted by molar-refractivity contribution is 6.30. The Hall–Kier alpha value is -3.11. The highest BCUT2D eigenvalue weighted by Crippen LogP contribution is 2.33. The van der Waals surface area contributed by atoms with Gasteiger partial charge in [0.2, 0.25) is 0 Å². The van der Waals surface area contributed by atoms with Crippen molar-refractivity contribution in [3.63, 3.8) is 0 Å². The summed E-state index contributed by atoms with van der Waals surface area (Å²) in [4.78, 5) is 12.4. The van der Waals surface area contributed by atoms with Gasteiger partial charge < -0.3 is 9.72 Å². The number of hydrogen-bond acceptors (Lipinski definition) is 3. The van der Waals surface area contributed by atoms with Crippen molar-refractivity contribution in [2.45, 2.75) is 0 Å². The Morgan fingerprint density at radius 1 is 0.808 bits per heavy atom. The standard InChI is InChI=1S/C21H16ClN3O/c1-26-18-8-4-16(5-9-18)21-24-19(14-2-6-17(22)7-3-14)20(25-21)15-10-12-23-13-11-15/h2-13H,1H3,(H,24,25). The third kappa shape index (κ3) is 3.19. The SMILES string of the molecule is COc1ccc(-c2nc(-c3ccncc3)c(-c3ccc(Cl)cc3)[nH]2)cc1. The van der Waals surface area contributed by atoms with Gasteiger partial charge in [-0.25, -0.2) is 4.98 Å². The maximum atomic E-state index is 6.04. The fourth-order valence-corrected chi connectivity index (χ4v) is 2.93. The number of hydrogen-bond donors (Lipinski definition) is 1. The molecule has 128 valence electrons. The summed E-state index contributed by atoms with van der Waals surface area (Å²) in [6.07, 6.45) is 3.53. The number of rotatable bonds is 4. The molecular formula is C21H16ClN3O. The first kappa shape index (κ1) is 16.4. The van der Waals surface area contributed by atoms with E-state index in [0.29, 0.717) is 5.02 Å². The minimum atomic E-state index is 0.703. The van der Waals surface area contributed by atoms with Crippen LogP contribution in [0, 0.1) is 0 Å². The smallest absolute Gasteiger partial charge is 0.138 e. The summed E-state index contributed by atoms with van der Waals surface area (Å²) in [6.45, 7) is 0. The number of nitrogens with zero attached hydrogens (tertiary/aromatic N) is 2. The van der Waals surface area contributed by atoms with Crippen molar-refractivity contribution in [3.05, 3.63) is 78.1 Å². The Morgan fingerprint density at radius 3 is 2.12 bits per heavy atom. The fraction of sp³-hybridized carbons (Fsp3) is 0.0476. The maximum absolute atomic E-state index is 6.04. The van der Waals surface area contributed by atoms with E-state index >= 15 is 0 Å². The van der Waals surface area contributed by atoms with Crippen molar-refractivity contribution in [2.24, 2.45) is 0 Å². The molecule has 0 aliphatic rings. The Labute approximate surface area is 156 Å². The van der Waals surface area contributed by atoms with Gasteiger partial charge >= 0.3 is 0 Å². The lowest BCUT2D eigenvalue weighted by Gasteiger charge is -2.03. The number of benzene rings is 2. The summed E-state index contributed by atoms with van der Waals surface area (Å²) in [5.74, 6) is 1.61. The zero-order valence-corrected chi connectivity index (χ0v) is 14.9. The number of halogens is 1. The quantitative estimate of drug-likeness (QED) is 0.524. The number of H-pyrrole nitrogens is 1. The number of imidazole rings is 1. The Kier molecular flexibility index (Phi) is 4.42. The van der Waals surface area contributed by atoms with Crippen molar-refractivity contribution in [1.82, 2.24) is 15.0 Å². The first-order valence-electron chi connectivity index (χ1n) is 8.15. The van der Waals surface area contributed by atoms with Gasteiger partial charge in [-0.15, -0.1) is 0 Å². The fourth-order valence-electron chi connectivity index (χ4n) is 2.80. The van der Waals surface area contributed by atoms with Gasteiger partial charge in [-0.05, 0) is 48.5 Å². The molecule has 1 N–H and O–H groups in total. The van der Waals surface area contributed by atoms with E-state index in [-0.39, 0.29) is 0 Å². The second kappa shape index (κ2) is 7.02. The van der Waals surface area contributed by atoms with E-state index in [1.54, 1.807) is 19.5 Å². The molecule has 5 heteroatoms. The molecule has 4 nitrogen and oxygen atoms in total. The van der Waals surface area contributed by atoms with Gasteiger partial charge in [0.05, 0.1) is 18.5 Å². The molecule has 0 fully saturated rings. The summed E-state index contributed by atoms with van der Waals surface area (Å²) in [5.41, 5.74) is 4.83. The summed E-state index contributed by atoms with van der Waals surface area (Å²) in [7, 11) is 1.65. The van der Waals surface area contributed by atoms with Gasteiger partial charge in [0.25, 0.3) is 0 Å². The molecule has 0 radical (unpaired) electrons. The molecule has 2 heterocycles. The van der Waals surface area contributed by atoms with Crippen molar-refractivity contribution < 1.29 is 4.74 Å². The van der Waals surface area contributed by atoms with Crippen molar-refractivity contribution in [2.75, 3.05) is 7.11 Å². The molecule has 4 aromatic rings. The highest BCUT2D eigenvalue weighted by atomic mass is 35.5. The molecule has 26 heavy (non-hydrogen) atoms. The largest absolute Gasteiger partial charge is 0.497 e. The lowest BCUT2D eigenvalue weighted by Crippen LogP contribution is -1.84. The molecule has 0 saturated heterocycles. The summed E-state index contributed by atoms with van der Waals surface area (Å²) in [6, 6.07) is 19.4. The first-order valence-corrected chi connectivity index (χ1v) is 8.53. The van der Waals surface area contributed by atoms with Crippen molar-refractivity contribution >= 4 is 11.6 Å². The van der Waals surface area contributed by atoms with Crippen LogP contribution in [0.1, 0.15) is 0 Å². The van der Waals surface area contributed by atoms with Crippen LogP contribution in [-0.2, 0) is 0 Å². The third-order valence-electron chi connectivity index (χ3n) is 4.15. The molecule has 0 aliphatic carbocycles. The van der Waals surface area contributed by atoms with Gasteiger partial charge in [-0.2, -0.15) is 0 Å². The summed E-state index contributed by atoms with van der Waals surface area (Å²) >= 11 is 6.04. The Bertz CT molecular complexity index is 1010. The van der Waals surface area contributed by atoms with Crippen LogP contribution in [-0.4, -0.2) is 22.1 Å². The molecule has 0 aliphatic heterocycles. The van der Waals surface area contributed by atoms with E-state index in [1.807, 2.05) is 60.7 Å². The van der Waals surface area contributed by atoms with Gasteiger partial charge in [-0.1, -0.05) is 23.7 Å². The van der Waals surface area contributed by atoms with Crippen LogP contribution in [0.25, 0.3) is 33.9 Å². The molecule has 0 spiro atoms. The molecule has 0 saturated carbocycles. The minimum absolute atomic E-state index is 0.703. The van der Waals surface area contributed by atoms with Gasteiger partial charge in [0.15, 0.2) is 0 Å². The average Bonchev–Trinajstić information content (AvgIpc) is 3.15. The van der Waals surface area contributed by atoms with Crippen LogP contribution >= 0.6 is 11.6 Å². The van der Waals surface area contributed by atoms with Gasteiger partial charge in [0, 0.05) is 34.1 Å². The third-order valence-corrected chi connectivity index (χ3v) is 4.41. The van der Waals surface area contributed by atoms with Crippen molar-refractivity contribution in [1.29, 1.82) is 0 Å². The van der Waals surface area contributed by atoms with Crippen LogP contribution in [0.5, 0.6) is 5.75 Å².